The van der Waals surface area contributed by atoms with Gasteiger partial charge in [0.1, 0.15) is 0 Å². The molecule has 1 fully saturated rings. The minimum absolute atomic E-state index is 0.523. The van der Waals surface area contributed by atoms with Crippen molar-refractivity contribution in [2.24, 2.45) is 0 Å². The number of nitrogens with zero attached hydrogens (tertiary/aromatic N) is 2. The second kappa shape index (κ2) is 6.74. The summed E-state index contributed by atoms with van der Waals surface area (Å²) in [6, 6.07) is 2.67. The lowest BCUT2D eigenvalue weighted by molar-refractivity contribution is 0.587. The van der Waals surface area contributed by atoms with E-state index in [2.05, 4.69) is 35.1 Å². The van der Waals surface area contributed by atoms with Crippen molar-refractivity contribution < 1.29 is 0 Å². The van der Waals surface area contributed by atoms with Crippen LogP contribution >= 0.6 is 0 Å². The summed E-state index contributed by atoms with van der Waals surface area (Å²) >= 11 is 0. The Hall–Kier alpha value is -1.09. The van der Waals surface area contributed by atoms with E-state index in [-0.39, 0.29) is 0 Å². The Balaban J connectivity index is 2.09. The zero-order chi connectivity index (χ0) is 12.8. The Kier molecular flexibility index (Phi) is 5.00. The predicted molar refractivity (Wildman–Crippen MR) is 76.9 cm³/mol. The van der Waals surface area contributed by atoms with Gasteiger partial charge in [0.05, 0.1) is 11.9 Å². The molecule has 2 rings (SSSR count). The highest BCUT2D eigenvalue weighted by molar-refractivity contribution is 5.51. The van der Waals surface area contributed by atoms with E-state index in [0.29, 0.717) is 6.04 Å². The monoisotopic (exact) mass is 247 g/mol. The first kappa shape index (κ1) is 13.3. The van der Waals surface area contributed by atoms with Crippen molar-refractivity contribution >= 4 is 5.69 Å². The van der Waals surface area contributed by atoms with Gasteiger partial charge in [-0.25, -0.2) is 0 Å². The molecule has 0 aliphatic carbocycles. The third-order valence-electron chi connectivity index (χ3n) is 3.54. The molecule has 1 aliphatic heterocycles. The standard InChI is InChI=1S/C15H25N3/c1-13(2)17-11-14-7-8-16-12-15(14)18-9-5-3-4-6-10-18/h7-8,12-13,17H,3-6,9-11H2,1-2H3. The fraction of sp³-hybridized carbons (Fsp3) is 0.667. The van der Waals surface area contributed by atoms with Crippen LogP contribution < -0.4 is 10.2 Å². The van der Waals surface area contributed by atoms with Crippen LogP contribution in [0.5, 0.6) is 0 Å². The van der Waals surface area contributed by atoms with E-state index in [9.17, 15) is 0 Å². The van der Waals surface area contributed by atoms with Crippen LogP contribution in [0.1, 0.15) is 45.1 Å². The molecule has 0 atom stereocenters. The SMILES string of the molecule is CC(C)NCc1ccncc1N1CCCCCC1. The van der Waals surface area contributed by atoms with Crippen LogP contribution in [-0.2, 0) is 6.54 Å². The molecule has 18 heavy (non-hydrogen) atoms. The van der Waals surface area contributed by atoms with E-state index in [1.807, 2.05) is 12.4 Å². The molecule has 1 saturated heterocycles. The summed E-state index contributed by atoms with van der Waals surface area (Å²) in [4.78, 5) is 6.82. The fourth-order valence-electron chi connectivity index (χ4n) is 2.47. The number of aromatic nitrogens is 1. The molecule has 0 saturated carbocycles. The second-order valence-electron chi connectivity index (χ2n) is 5.44. The van der Waals surface area contributed by atoms with Gasteiger partial charge in [0.25, 0.3) is 0 Å². The van der Waals surface area contributed by atoms with Crippen molar-refractivity contribution in [1.29, 1.82) is 0 Å². The molecule has 2 heterocycles. The van der Waals surface area contributed by atoms with Crippen LogP contribution in [-0.4, -0.2) is 24.1 Å². The molecule has 1 N–H and O–H groups in total. The van der Waals surface area contributed by atoms with Crippen LogP contribution in [0.4, 0.5) is 5.69 Å². The molecule has 0 amide bonds. The zero-order valence-corrected chi connectivity index (χ0v) is 11.7. The number of rotatable bonds is 4. The molecule has 0 unspecified atom stereocenters. The molecule has 0 aromatic carbocycles. The smallest absolute Gasteiger partial charge is 0.0598 e. The second-order valence-corrected chi connectivity index (χ2v) is 5.44. The highest BCUT2D eigenvalue weighted by atomic mass is 15.1. The summed E-state index contributed by atoms with van der Waals surface area (Å²) in [5.74, 6) is 0. The molecule has 0 radical (unpaired) electrons. The Labute approximate surface area is 111 Å². The van der Waals surface area contributed by atoms with Crippen molar-refractivity contribution in [3.63, 3.8) is 0 Å². The highest BCUT2D eigenvalue weighted by Crippen LogP contribution is 2.22. The van der Waals surface area contributed by atoms with Crippen molar-refractivity contribution in [2.45, 2.75) is 52.1 Å². The van der Waals surface area contributed by atoms with Crippen molar-refractivity contribution in [1.82, 2.24) is 10.3 Å². The Bertz CT molecular complexity index is 355. The first-order chi connectivity index (χ1) is 8.77. The average Bonchev–Trinajstić information content (AvgIpc) is 2.65. The number of hydrogen-bond acceptors (Lipinski definition) is 3. The van der Waals surface area contributed by atoms with Crippen LogP contribution in [0.15, 0.2) is 18.5 Å². The molecular formula is C15H25N3. The maximum atomic E-state index is 4.31. The summed E-state index contributed by atoms with van der Waals surface area (Å²) in [6.07, 6.45) is 9.30. The quantitative estimate of drug-likeness (QED) is 0.886. The number of hydrogen-bond donors (Lipinski definition) is 1. The summed E-state index contributed by atoms with van der Waals surface area (Å²) < 4.78 is 0. The summed E-state index contributed by atoms with van der Waals surface area (Å²) in [7, 11) is 0. The van der Waals surface area contributed by atoms with E-state index in [4.69, 9.17) is 0 Å². The normalized spacial score (nSPS) is 16.9. The molecule has 1 aromatic rings. The first-order valence-corrected chi connectivity index (χ1v) is 7.18. The van der Waals surface area contributed by atoms with E-state index in [1.165, 1.54) is 50.0 Å². The molecule has 3 nitrogen and oxygen atoms in total. The highest BCUT2D eigenvalue weighted by Gasteiger charge is 2.13. The molecule has 1 aliphatic rings. The summed E-state index contributed by atoms with van der Waals surface area (Å²) in [5.41, 5.74) is 2.70. The van der Waals surface area contributed by atoms with Gasteiger partial charge in [0.2, 0.25) is 0 Å². The van der Waals surface area contributed by atoms with E-state index in [1.54, 1.807) is 0 Å². The maximum absolute atomic E-state index is 4.31. The third-order valence-corrected chi connectivity index (χ3v) is 3.54. The van der Waals surface area contributed by atoms with E-state index < -0.39 is 0 Å². The Morgan fingerprint density at radius 1 is 1.22 bits per heavy atom. The lowest BCUT2D eigenvalue weighted by atomic mass is 10.2. The van der Waals surface area contributed by atoms with Gasteiger partial charge in [-0.15, -0.1) is 0 Å². The average molecular weight is 247 g/mol. The Morgan fingerprint density at radius 2 is 1.94 bits per heavy atom. The summed E-state index contributed by atoms with van der Waals surface area (Å²) in [6.45, 7) is 7.67. The van der Waals surface area contributed by atoms with Crippen LogP contribution in [0.25, 0.3) is 0 Å². The van der Waals surface area contributed by atoms with Crippen LogP contribution in [0.2, 0.25) is 0 Å². The van der Waals surface area contributed by atoms with Gasteiger partial charge < -0.3 is 10.2 Å². The molecule has 3 heteroatoms. The van der Waals surface area contributed by atoms with Crippen molar-refractivity contribution in [3.8, 4) is 0 Å². The van der Waals surface area contributed by atoms with Crippen molar-refractivity contribution in [2.75, 3.05) is 18.0 Å². The third kappa shape index (κ3) is 3.70. The lowest BCUT2D eigenvalue weighted by Gasteiger charge is -2.25. The van der Waals surface area contributed by atoms with Crippen LogP contribution in [0, 0.1) is 0 Å². The number of nitrogens with one attached hydrogen (secondary N) is 1. The molecule has 100 valence electrons. The van der Waals surface area contributed by atoms with E-state index in [0.717, 1.165) is 6.54 Å². The largest absolute Gasteiger partial charge is 0.370 e. The van der Waals surface area contributed by atoms with Gasteiger partial charge in [-0.05, 0) is 24.5 Å². The van der Waals surface area contributed by atoms with Crippen LogP contribution in [0.3, 0.4) is 0 Å². The minimum Gasteiger partial charge on any atom is -0.370 e. The predicted octanol–water partition coefficient (Wildman–Crippen LogP) is 2.96. The van der Waals surface area contributed by atoms with Gasteiger partial charge in [0, 0.05) is 31.9 Å². The van der Waals surface area contributed by atoms with Gasteiger partial charge in [-0.3, -0.25) is 4.98 Å². The maximum Gasteiger partial charge on any atom is 0.0598 e. The zero-order valence-electron chi connectivity index (χ0n) is 11.7. The first-order valence-electron chi connectivity index (χ1n) is 7.18. The summed E-state index contributed by atoms with van der Waals surface area (Å²) in [5, 5.41) is 3.50. The molecular weight excluding hydrogens is 222 g/mol. The molecule has 0 spiro atoms. The van der Waals surface area contributed by atoms with Gasteiger partial charge in [-0.2, -0.15) is 0 Å². The molecule has 1 aromatic heterocycles. The number of anilines is 1. The fourth-order valence-corrected chi connectivity index (χ4v) is 2.47. The lowest BCUT2D eigenvalue weighted by Crippen LogP contribution is -2.28. The van der Waals surface area contributed by atoms with Gasteiger partial charge in [0.15, 0.2) is 0 Å². The minimum atomic E-state index is 0.523. The van der Waals surface area contributed by atoms with Gasteiger partial charge >= 0.3 is 0 Å². The topological polar surface area (TPSA) is 28.2 Å². The van der Waals surface area contributed by atoms with Crippen molar-refractivity contribution in [3.05, 3.63) is 24.0 Å². The van der Waals surface area contributed by atoms with E-state index >= 15 is 0 Å². The molecule has 0 bridgehead atoms. The number of pyridine rings is 1. The Morgan fingerprint density at radius 3 is 2.61 bits per heavy atom. The van der Waals surface area contributed by atoms with Gasteiger partial charge in [-0.1, -0.05) is 26.7 Å².